The molecule has 4 N–H and O–H groups in total. The fraction of sp³-hybridized carbons (Fsp3) is 0.385. The van der Waals surface area contributed by atoms with Gasteiger partial charge in [0.05, 0.1) is 0 Å². The van der Waals surface area contributed by atoms with Crippen LogP contribution in [0.25, 0.3) is 0 Å². The van der Waals surface area contributed by atoms with E-state index in [1.54, 1.807) is 12.1 Å². The van der Waals surface area contributed by atoms with Crippen molar-refractivity contribution in [3.05, 3.63) is 34.9 Å². The summed E-state index contributed by atoms with van der Waals surface area (Å²) in [6.45, 7) is 1.86. The number of Topliss-reactive ketones (excluding diaryl/α,β-unsaturated/α-hetero) is 1. The first-order valence-electron chi connectivity index (χ1n) is 5.68. The van der Waals surface area contributed by atoms with Gasteiger partial charge in [0.2, 0.25) is 0 Å². The Kier molecular flexibility index (Phi) is 2.96. The highest BCUT2D eigenvalue weighted by Gasteiger charge is 2.45. The average molecular weight is 249 g/mol. The van der Waals surface area contributed by atoms with Crippen molar-refractivity contribution in [1.82, 2.24) is 0 Å². The molecule has 1 aliphatic carbocycles. The first-order chi connectivity index (χ1) is 8.33. The molecule has 0 saturated heterocycles. The van der Waals surface area contributed by atoms with E-state index in [4.69, 9.17) is 10.8 Å². The Morgan fingerprint density at radius 1 is 1.56 bits per heavy atom. The molecule has 0 amide bonds. The molecule has 1 aliphatic rings. The van der Waals surface area contributed by atoms with Gasteiger partial charge in [-0.15, -0.1) is 0 Å². The monoisotopic (exact) mass is 249 g/mol. The third kappa shape index (κ3) is 2.02. The topological polar surface area (TPSA) is 101 Å². The van der Waals surface area contributed by atoms with E-state index in [1.807, 2.05) is 13.0 Å². The van der Waals surface area contributed by atoms with Crippen LogP contribution in [0.2, 0.25) is 0 Å². The van der Waals surface area contributed by atoms with Crippen LogP contribution < -0.4 is 5.73 Å². The Balaban J connectivity index is 2.30. The smallest absolute Gasteiger partial charge is 0.320 e. The predicted molar refractivity (Wildman–Crippen MR) is 64.4 cm³/mol. The fourth-order valence-electron chi connectivity index (χ4n) is 2.32. The number of hydrogen-bond donors (Lipinski definition) is 3. The molecular formula is C13H15NO4. The highest BCUT2D eigenvalue weighted by Crippen LogP contribution is 2.33. The predicted octanol–water partition coefficient (Wildman–Crippen LogP) is 0.267. The molecule has 0 fully saturated rings. The molecule has 2 atom stereocenters. The molecule has 0 aliphatic heterocycles. The van der Waals surface area contributed by atoms with Crippen molar-refractivity contribution in [3.8, 4) is 0 Å². The van der Waals surface area contributed by atoms with E-state index >= 15 is 0 Å². The maximum absolute atomic E-state index is 12.1. The van der Waals surface area contributed by atoms with Crippen LogP contribution in [0.15, 0.2) is 18.2 Å². The zero-order valence-electron chi connectivity index (χ0n) is 10.0. The molecule has 0 radical (unpaired) electrons. The molecule has 18 heavy (non-hydrogen) atoms. The molecule has 0 aromatic heterocycles. The van der Waals surface area contributed by atoms with Crippen LogP contribution in [0.3, 0.4) is 0 Å². The quantitative estimate of drug-likeness (QED) is 0.713. The van der Waals surface area contributed by atoms with Crippen LogP contribution in [0.5, 0.6) is 0 Å². The number of nitrogens with two attached hydrogens (primary N) is 1. The summed E-state index contributed by atoms with van der Waals surface area (Å²) in [7, 11) is 0. The Hall–Kier alpha value is -1.72. The second-order valence-electron chi connectivity index (χ2n) is 4.85. The number of carboxylic acids is 1. The zero-order valence-corrected chi connectivity index (χ0v) is 10.0. The lowest BCUT2D eigenvalue weighted by Gasteiger charge is -2.22. The van der Waals surface area contributed by atoms with Gasteiger partial charge < -0.3 is 15.9 Å². The Morgan fingerprint density at radius 3 is 2.83 bits per heavy atom. The van der Waals surface area contributed by atoms with Crippen LogP contribution in [-0.4, -0.2) is 33.6 Å². The van der Waals surface area contributed by atoms with Crippen molar-refractivity contribution in [2.75, 3.05) is 0 Å². The summed E-state index contributed by atoms with van der Waals surface area (Å²) in [5.74, 6) is -1.65. The molecule has 5 nitrogen and oxygen atoms in total. The molecule has 5 heteroatoms. The molecule has 0 saturated carbocycles. The maximum atomic E-state index is 12.1. The lowest BCUT2D eigenvalue weighted by Crippen LogP contribution is -2.45. The molecule has 2 rings (SSSR count). The molecule has 0 heterocycles. The van der Waals surface area contributed by atoms with Crippen LogP contribution in [0.1, 0.15) is 27.9 Å². The number of carbonyl (C=O) groups excluding carboxylic acids is 1. The van der Waals surface area contributed by atoms with Crippen LogP contribution >= 0.6 is 0 Å². The van der Waals surface area contributed by atoms with Gasteiger partial charge in [-0.2, -0.15) is 0 Å². The van der Waals surface area contributed by atoms with Crippen molar-refractivity contribution in [1.29, 1.82) is 0 Å². The molecule has 0 spiro atoms. The Labute approximate surface area is 104 Å². The number of rotatable bonds is 3. The number of aryl methyl sites for hydroxylation is 1. The van der Waals surface area contributed by atoms with Crippen molar-refractivity contribution < 1.29 is 19.8 Å². The lowest BCUT2D eigenvalue weighted by molar-refractivity contribution is -0.139. The van der Waals surface area contributed by atoms with E-state index in [9.17, 15) is 14.7 Å². The summed E-state index contributed by atoms with van der Waals surface area (Å²) in [6.07, 6.45) is -0.142. The number of aliphatic carboxylic acids is 1. The second-order valence-corrected chi connectivity index (χ2v) is 4.85. The van der Waals surface area contributed by atoms with E-state index in [0.29, 0.717) is 5.56 Å². The molecule has 0 bridgehead atoms. The van der Waals surface area contributed by atoms with Crippen LogP contribution in [0, 0.1) is 6.92 Å². The van der Waals surface area contributed by atoms with Gasteiger partial charge in [0.1, 0.15) is 11.6 Å². The van der Waals surface area contributed by atoms with E-state index in [1.165, 1.54) is 0 Å². The van der Waals surface area contributed by atoms with Crippen molar-refractivity contribution in [2.24, 2.45) is 5.73 Å². The molecule has 1 aromatic rings. The number of aliphatic hydroxyl groups is 1. The number of ketones is 1. The van der Waals surface area contributed by atoms with Gasteiger partial charge in [-0.25, -0.2) is 0 Å². The van der Waals surface area contributed by atoms with Gasteiger partial charge in [-0.1, -0.05) is 17.7 Å². The standard InChI is InChI=1S/C13H15NO4/c1-7-2-3-8-5-13(18,6-10(14)12(16)17)11(15)9(8)4-7/h2-4,10,18H,5-6,14H2,1H3,(H,16,17)/t10-,13+/m0/s1. The van der Waals surface area contributed by atoms with Gasteiger partial charge in [0, 0.05) is 18.4 Å². The third-order valence-corrected chi connectivity index (χ3v) is 3.29. The van der Waals surface area contributed by atoms with Gasteiger partial charge >= 0.3 is 5.97 Å². The first kappa shape index (κ1) is 12.7. The fourth-order valence-corrected chi connectivity index (χ4v) is 2.32. The van der Waals surface area contributed by atoms with E-state index < -0.39 is 23.4 Å². The SMILES string of the molecule is Cc1ccc2c(c1)C(=O)[C@](O)(C[C@H](N)C(=O)O)C2. The summed E-state index contributed by atoms with van der Waals surface area (Å²) < 4.78 is 0. The second kappa shape index (κ2) is 4.19. The van der Waals surface area contributed by atoms with Crippen molar-refractivity contribution in [2.45, 2.75) is 31.4 Å². The largest absolute Gasteiger partial charge is 0.480 e. The Bertz CT molecular complexity index is 526. The number of carboxylic acid groups (broad SMARTS) is 1. The van der Waals surface area contributed by atoms with Gasteiger partial charge in [0.25, 0.3) is 0 Å². The normalized spacial score (nSPS) is 23.8. The van der Waals surface area contributed by atoms with E-state index in [2.05, 4.69) is 0 Å². The van der Waals surface area contributed by atoms with Crippen molar-refractivity contribution >= 4 is 11.8 Å². The lowest BCUT2D eigenvalue weighted by atomic mass is 9.91. The number of fused-ring (bicyclic) bond motifs is 1. The minimum atomic E-state index is -1.69. The summed E-state index contributed by atoms with van der Waals surface area (Å²) in [6, 6.07) is 4.11. The Morgan fingerprint density at radius 2 is 2.22 bits per heavy atom. The summed E-state index contributed by atoms with van der Waals surface area (Å²) >= 11 is 0. The minimum absolute atomic E-state index is 0.127. The molecule has 0 unspecified atom stereocenters. The van der Waals surface area contributed by atoms with Crippen LogP contribution in [0.4, 0.5) is 0 Å². The number of carbonyl (C=O) groups is 2. The highest BCUT2D eigenvalue weighted by atomic mass is 16.4. The van der Waals surface area contributed by atoms with Crippen molar-refractivity contribution in [3.63, 3.8) is 0 Å². The minimum Gasteiger partial charge on any atom is -0.480 e. The van der Waals surface area contributed by atoms with Crippen LogP contribution in [-0.2, 0) is 11.2 Å². The maximum Gasteiger partial charge on any atom is 0.320 e. The third-order valence-electron chi connectivity index (χ3n) is 3.29. The van der Waals surface area contributed by atoms with Gasteiger partial charge in [0.15, 0.2) is 5.78 Å². The summed E-state index contributed by atoms with van der Waals surface area (Å²) in [5, 5.41) is 19.1. The zero-order chi connectivity index (χ0) is 13.5. The average Bonchev–Trinajstić information content (AvgIpc) is 2.52. The number of hydrogen-bond acceptors (Lipinski definition) is 4. The summed E-state index contributed by atoms with van der Waals surface area (Å²) in [4.78, 5) is 22.8. The van der Waals surface area contributed by atoms with E-state index in [0.717, 1.165) is 11.1 Å². The highest BCUT2D eigenvalue weighted by molar-refractivity contribution is 6.07. The molecule has 1 aromatic carbocycles. The summed E-state index contributed by atoms with van der Waals surface area (Å²) in [5.41, 5.74) is 5.84. The number of benzene rings is 1. The van der Waals surface area contributed by atoms with E-state index in [-0.39, 0.29) is 12.8 Å². The molecular weight excluding hydrogens is 234 g/mol. The first-order valence-corrected chi connectivity index (χ1v) is 5.68. The van der Waals surface area contributed by atoms with Gasteiger partial charge in [-0.05, 0) is 18.6 Å². The van der Waals surface area contributed by atoms with Gasteiger partial charge in [-0.3, -0.25) is 9.59 Å². The molecule has 96 valence electrons.